The normalized spacial score (nSPS) is 19.4. The molecule has 0 spiro atoms. The summed E-state index contributed by atoms with van der Waals surface area (Å²) in [6.45, 7) is 1.80. The zero-order valence-corrected chi connectivity index (χ0v) is 14.0. The lowest BCUT2D eigenvalue weighted by Crippen LogP contribution is -2.34. The second-order valence-corrected chi connectivity index (χ2v) is 7.10. The fraction of sp³-hybridized carbons (Fsp3) is 0.529. The first-order chi connectivity index (χ1) is 12.3. The van der Waals surface area contributed by atoms with Crippen molar-refractivity contribution in [3.8, 4) is 0 Å². The molecule has 1 saturated heterocycles. The van der Waals surface area contributed by atoms with Crippen LogP contribution in [-0.4, -0.2) is 42.9 Å². The van der Waals surface area contributed by atoms with Crippen LogP contribution in [0.15, 0.2) is 23.3 Å². The molecule has 0 bridgehead atoms. The van der Waals surface area contributed by atoms with Crippen molar-refractivity contribution in [1.82, 2.24) is 29.8 Å². The van der Waals surface area contributed by atoms with Crippen LogP contribution in [0.25, 0.3) is 5.52 Å². The summed E-state index contributed by atoms with van der Waals surface area (Å²) < 4.78 is 1.97. The van der Waals surface area contributed by atoms with Gasteiger partial charge in [-0.3, -0.25) is 4.98 Å². The number of aromatic amines is 2. The molecule has 0 radical (unpaired) electrons. The zero-order valence-electron chi connectivity index (χ0n) is 14.0. The Bertz CT molecular complexity index is 943. The molecule has 2 aliphatic rings. The van der Waals surface area contributed by atoms with Crippen molar-refractivity contribution in [3.05, 3.63) is 40.5 Å². The molecule has 4 heterocycles. The summed E-state index contributed by atoms with van der Waals surface area (Å²) in [6, 6.07) is 2.21. The second-order valence-electron chi connectivity index (χ2n) is 7.10. The maximum atomic E-state index is 11.2. The Morgan fingerprint density at radius 1 is 1.12 bits per heavy atom. The van der Waals surface area contributed by atoms with Gasteiger partial charge >= 0.3 is 5.69 Å². The molecule has 0 unspecified atom stereocenters. The first kappa shape index (κ1) is 14.7. The molecule has 1 aliphatic heterocycles. The van der Waals surface area contributed by atoms with Crippen LogP contribution in [0.4, 0.5) is 5.82 Å². The Labute approximate surface area is 144 Å². The van der Waals surface area contributed by atoms with E-state index >= 15 is 0 Å². The predicted octanol–water partition coefficient (Wildman–Crippen LogP) is 1.79. The molecule has 130 valence electrons. The lowest BCUT2D eigenvalue weighted by Gasteiger charge is -2.32. The van der Waals surface area contributed by atoms with Crippen LogP contribution in [0.1, 0.15) is 55.5 Å². The number of piperidine rings is 1. The van der Waals surface area contributed by atoms with Crippen molar-refractivity contribution in [2.75, 3.05) is 18.0 Å². The number of aromatic nitrogens is 6. The van der Waals surface area contributed by atoms with Crippen LogP contribution in [-0.2, 0) is 0 Å². The maximum absolute atomic E-state index is 11.2. The van der Waals surface area contributed by atoms with Gasteiger partial charge in [0.25, 0.3) is 0 Å². The average molecular weight is 339 g/mol. The average Bonchev–Trinajstić information content (AvgIpc) is 3.19. The van der Waals surface area contributed by atoms with E-state index in [0.717, 1.165) is 43.1 Å². The number of anilines is 1. The monoisotopic (exact) mass is 339 g/mol. The van der Waals surface area contributed by atoms with E-state index in [9.17, 15) is 4.79 Å². The van der Waals surface area contributed by atoms with Gasteiger partial charge in [-0.05, 0) is 31.7 Å². The quantitative estimate of drug-likeness (QED) is 0.758. The van der Waals surface area contributed by atoms with E-state index in [4.69, 9.17) is 5.10 Å². The molecule has 2 fully saturated rings. The third-order valence-electron chi connectivity index (χ3n) is 5.61. The van der Waals surface area contributed by atoms with E-state index in [-0.39, 0.29) is 5.69 Å². The van der Waals surface area contributed by atoms with Gasteiger partial charge < -0.3 is 4.90 Å². The number of rotatable bonds is 3. The Morgan fingerprint density at radius 2 is 1.96 bits per heavy atom. The van der Waals surface area contributed by atoms with E-state index in [1.54, 1.807) is 0 Å². The zero-order chi connectivity index (χ0) is 16.8. The topological polar surface area (TPSA) is 95.0 Å². The molecule has 3 aromatic heterocycles. The molecule has 25 heavy (non-hydrogen) atoms. The Hall–Kier alpha value is -2.64. The molecule has 0 amide bonds. The van der Waals surface area contributed by atoms with Gasteiger partial charge in [0, 0.05) is 37.3 Å². The fourth-order valence-corrected chi connectivity index (χ4v) is 3.92. The Kier molecular flexibility index (Phi) is 3.36. The largest absolute Gasteiger partial charge is 0.355 e. The molecular formula is C17H21N7O. The molecule has 5 rings (SSSR count). The molecule has 0 aromatic carbocycles. The first-order valence-electron chi connectivity index (χ1n) is 9.02. The summed E-state index contributed by atoms with van der Waals surface area (Å²) in [7, 11) is 0. The highest BCUT2D eigenvalue weighted by Crippen LogP contribution is 2.37. The highest BCUT2D eigenvalue weighted by atomic mass is 16.1. The highest BCUT2D eigenvalue weighted by Gasteiger charge is 2.27. The summed E-state index contributed by atoms with van der Waals surface area (Å²) in [6.07, 6.45) is 9.48. The van der Waals surface area contributed by atoms with Gasteiger partial charge in [0.1, 0.15) is 11.3 Å². The predicted molar refractivity (Wildman–Crippen MR) is 93.0 cm³/mol. The van der Waals surface area contributed by atoms with Crippen molar-refractivity contribution in [3.63, 3.8) is 0 Å². The van der Waals surface area contributed by atoms with E-state index < -0.39 is 0 Å². The lowest BCUT2D eigenvalue weighted by atomic mass is 9.83. The number of hydrogen-bond acceptors (Lipinski definition) is 5. The molecule has 1 saturated carbocycles. The fourth-order valence-electron chi connectivity index (χ4n) is 3.92. The second kappa shape index (κ2) is 5.72. The molecule has 3 aromatic rings. The van der Waals surface area contributed by atoms with E-state index in [1.807, 2.05) is 16.9 Å². The summed E-state index contributed by atoms with van der Waals surface area (Å²) in [5, 5.41) is 11.3. The van der Waals surface area contributed by atoms with Crippen molar-refractivity contribution < 1.29 is 0 Å². The van der Waals surface area contributed by atoms with Gasteiger partial charge in [-0.2, -0.15) is 10.2 Å². The minimum absolute atomic E-state index is 0.230. The third-order valence-corrected chi connectivity index (χ3v) is 5.61. The standard InChI is InChI=1S/C17H21N7O/c25-17-19-15(20-21-17)12-4-7-23(8-5-12)16-14-10-13(11-2-1-3-11)22-24(14)9-6-18-16/h6,9-12H,1-5,7-8H2,(H2,19,20,21,25). The smallest absolute Gasteiger partial charge is 0.340 e. The van der Waals surface area contributed by atoms with E-state index in [1.165, 1.54) is 25.0 Å². The van der Waals surface area contributed by atoms with Gasteiger partial charge in [0.2, 0.25) is 0 Å². The van der Waals surface area contributed by atoms with E-state index in [2.05, 4.69) is 31.1 Å². The SMILES string of the molecule is O=c1[nH]nc(C2CCN(c3nccn4nc(C5CCC5)cc34)CC2)[nH]1. The van der Waals surface area contributed by atoms with Crippen LogP contribution in [0.5, 0.6) is 0 Å². The van der Waals surface area contributed by atoms with Gasteiger partial charge in [-0.15, -0.1) is 0 Å². The number of H-pyrrole nitrogens is 2. The van der Waals surface area contributed by atoms with Crippen molar-refractivity contribution in [2.45, 2.75) is 43.9 Å². The van der Waals surface area contributed by atoms with Crippen LogP contribution in [0, 0.1) is 0 Å². The minimum atomic E-state index is -0.230. The van der Waals surface area contributed by atoms with Crippen molar-refractivity contribution in [2.24, 2.45) is 0 Å². The van der Waals surface area contributed by atoms with Gasteiger partial charge in [-0.25, -0.2) is 19.4 Å². The minimum Gasteiger partial charge on any atom is -0.355 e. The molecule has 8 heteroatoms. The number of nitrogens with zero attached hydrogens (tertiary/aromatic N) is 5. The van der Waals surface area contributed by atoms with Gasteiger partial charge in [0.15, 0.2) is 5.82 Å². The Morgan fingerprint density at radius 3 is 2.64 bits per heavy atom. The summed E-state index contributed by atoms with van der Waals surface area (Å²) in [4.78, 5) is 21.0. The Balaban J connectivity index is 1.38. The van der Waals surface area contributed by atoms with Gasteiger partial charge in [0.05, 0.1) is 5.69 Å². The molecule has 2 N–H and O–H groups in total. The van der Waals surface area contributed by atoms with Gasteiger partial charge in [-0.1, -0.05) is 6.42 Å². The van der Waals surface area contributed by atoms with Crippen molar-refractivity contribution in [1.29, 1.82) is 0 Å². The lowest BCUT2D eigenvalue weighted by molar-refractivity contribution is 0.409. The number of hydrogen-bond donors (Lipinski definition) is 2. The van der Waals surface area contributed by atoms with Crippen LogP contribution >= 0.6 is 0 Å². The summed E-state index contributed by atoms with van der Waals surface area (Å²) in [5.74, 6) is 2.70. The molecular weight excluding hydrogens is 318 g/mol. The number of fused-ring (bicyclic) bond motifs is 1. The maximum Gasteiger partial charge on any atom is 0.340 e. The third kappa shape index (κ3) is 2.52. The van der Waals surface area contributed by atoms with Crippen LogP contribution < -0.4 is 10.6 Å². The number of nitrogens with one attached hydrogen (secondary N) is 2. The molecule has 1 aliphatic carbocycles. The van der Waals surface area contributed by atoms with E-state index in [0.29, 0.717) is 11.8 Å². The van der Waals surface area contributed by atoms with Crippen LogP contribution in [0.2, 0.25) is 0 Å². The van der Waals surface area contributed by atoms with Crippen molar-refractivity contribution >= 4 is 11.3 Å². The molecule has 0 atom stereocenters. The molecule has 8 nitrogen and oxygen atoms in total. The highest BCUT2D eigenvalue weighted by molar-refractivity contribution is 5.69. The summed E-state index contributed by atoms with van der Waals surface area (Å²) >= 11 is 0. The first-order valence-corrected chi connectivity index (χ1v) is 9.02. The van der Waals surface area contributed by atoms with Crippen LogP contribution in [0.3, 0.4) is 0 Å². The summed E-state index contributed by atoms with van der Waals surface area (Å²) in [5.41, 5.74) is 2.06.